The Balaban J connectivity index is 1.47. The molecule has 0 amide bonds. The highest BCUT2D eigenvalue weighted by molar-refractivity contribution is 5.79. The molecule has 0 saturated heterocycles. The summed E-state index contributed by atoms with van der Waals surface area (Å²) in [4.78, 5) is 17.6. The lowest BCUT2D eigenvalue weighted by molar-refractivity contribution is 0.816. The molecule has 0 spiro atoms. The van der Waals surface area contributed by atoms with Crippen LogP contribution in [0.1, 0.15) is 111 Å². The van der Waals surface area contributed by atoms with E-state index in [1.165, 1.54) is 79.0 Å². The third-order valence-electron chi connectivity index (χ3n) is 14.1. The number of anilines is 9. The van der Waals surface area contributed by atoms with E-state index in [2.05, 4.69) is 221 Å². The largest absolute Gasteiger partial charge is 0.372 e. The van der Waals surface area contributed by atoms with Crippen molar-refractivity contribution in [3.63, 3.8) is 0 Å². The van der Waals surface area contributed by atoms with E-state index in [1.807, 2.05) is 0 Å². The third kappa shape index (κ3) is 12.2. The standard InChI is InChI=1S/C59H87N7/c1-14-60(15-2)52-42-56(62(18-5)19-6)54(57(43-52)63(20-7)21-8)40-32-47-28-36-50(37-29-47)66(49-34-26-46(13)27-35-49)51-38-30-48(31-39-51)33-41-55-58(64(22-9)23-10)44-53(61(16-3)17-4)45-59(55)65(24-11)25-12/h26-31,34-39,42-45H,14-25,32-33,40-41H2,1-13H3. The molecular formula is C59H87N7. The van der Waals surface area contributed by atoms with Gasteiger partial charge in [-0.2, -0.15) is 0 Å². The summed E-state index contributed by atoms with van der Waals surface area (Å²) in [6.45, 7) is 41.5. The monoisotopic (exact) mass is 894 g/mol. The van der Waals surface area contributed by atoms with Crippen molar-refractivity contribution in [2.24, 2.45) is 0 Å². The molecule has 0 bridgehead atoms. The van der Waals surface area contributed by atoms with Gasteiger partial charge in [0.25, 0.3) is 0 Å². The number of rotatable bonds is 27. The summed E-state index contributed by atoms with van der Waals surface area (Å²) in [5, 5.41) is 0. The van der Waals surface area contributed by atoms with Crippen molar-refractivity contribution < 1.29 is 0 Å². The number of benzene rings is 5. The Bertz CT molecular complexity index is 1970. The molecule has 66 heavy (non-hydrogen) atoms. The maximum atomic E-state index is 2.56. The van der Waals surface area contributed by atoms with E-state index >= 15 is 0 Å². The molecule has 0 saturated carbocycles. The molecule has 358 valence electrons. The van der Waals surface area contributed by atoms with E-state index in [0.717, 1.165) is 104 Å². The van der Waals surface area contributed by atoms with Gasteiger partial charge in [-0.15, -0.1) is 0 Å². The van der Waals surface area contributed by atoms with E-state index in [-0.39, 0.29) is 0 Å². The third-order valence-corrected chi connectivity index (χ3v) is 14.1. The molecule has 0 N–H and O–H groups in total. The summed E-state index contributed by atoms with van der Waals surface area (Å²) in [6.07, 6.45) is 3.95. The Kier molecular flexibility index (Phi) is 20.0. The summed E-state index contributed by atoms with van der Waals surface area (Å²) in [5.74, 6) is 0. The second kappa shape index (κ2) is 25.6. The van der Waals surface area contributed by atoms with Crippen molar-refractivity contribution in [1.82, 2.24) is 0 Å². The zero-order valence-corrected chi connectivity index (χ0v) is 43.7. The van der Waals surface area contributed by atoms with Crippen molar-refractivity contribution >= 4 is 51.2 Å². The molecule has 0 radical (unpaired) electrons. The van der Waals surface area contributed by atoms with E-state index in [9.17, 15) is 0 Å². The average Bonchev–Trinajstić information content (AvgIpc) is 3.34. The molecule has 7 nitrogen and oxygen atoms in total. The van der Waals surface area contributed by atoms with Crippen LogP contribution in [-0.4, -0.2) is 78.5 Å². The molecule has 0 unspecified atom stereocenters. The van der Waals surface area contributed by atoms with Crippen LogP contribution in [0.25, 0.3) is 0 Å². The zero-order chi connectivity index (χ0) is 47.8. The maximum absolute atomic E-state index is 2.56. The lowest BCUT2D eigenvalue weighted by Crippen LogP contribution is -2.29. The highest BCUT2D eigenvalue weighted by Crippen LogP contribution is 2.40. The maximum Gasteiger partial charge on any atom is 0.0461 e. The summed E-state index contributed by atoms with van der Waals surface area (Å²) >= 11 is 0. The van der Waals surface area contributed by atoms with Crippen LogP contribution in [0.5, 0.6) is 0 Å². The molecule has 0 aromatic heterocycles. The van der Waals surface area contributed by atoms with Crippen molar-refractivity contribution in [1.29, 1.82) is 0 Å². The van der Waals surface area contributed by atoms with Crippen LogP contribution in [0, 0.1) is 6.92 Å². The van der Waals surface area contributed by atoms with Gasteiger partial charge >= 0.3 is 0 Å². The number of hydrogen-bond donors (Lipinski definition) is 0. The topological polar surface area (TPSA) is 22.7 Å². The van der Waals surface area contributed by atoms with Crippen LogP contribution < -0.4 is 34.3 Å². The first kappa shape index (κ1) is 51.7. The first-order valence-electron chi connectivity index (χ1n) is 26.0. The van der Waals surface area contributed by atoms with Gasteiger partial charge in [0, 0.05) is 130 Å². The predicted octanol–water partition coefficient (Wildman–Crippen LogP) is 14.1. The fraction of sp³-hybridized carbons (Fsp3) is 0.492. The zero-order valence-electron chi connectivity index (χ0n) is 43.7. The van der Waals surface area contributed by atoms with Crippen LogP contribution in [0.15, 0.2) is 97.1 Å². The first-order valence-corrected chi connectivity index (χ1v) is 26.0. The van der Waals surface area contributed by atoms with Crippen molar-refractivity contribution in [2.45, 2.75) is 116 Å². The number of nitrogens with zero attached hydrogens (tertiary/aromatic N) is 7. The van der Waals surface area contributed by atoms with Gasteiger partial charge in [0.15, 0.2) is 0 Å². The Morgan fingerprint density at radius 3 is 0.758 bits per heavy atom. The van der Waals surface area contributed by atoms with Crippen LogP contribution in [0.3, 0.4) is 0 Å². The van der Waals surface area contributed by atoms with Gasteiger partial charge < -0.3 is 34.3 Å². The van der Waals surface area contributed by atoms with Gasteiger partial charge in [0.05, 0.1) is 0 Å². The fourth-order valence-electron chi connectivity index (χ4n) is 10.00. The van der Waals surface area contributed by atoms with Crippen molar-refractivity contribution in [2.75, 3.05) is 113 Å². The minimum Gasteiger partial charge on any atom is -0.372 e. The number of hydrogen-bond acceptors (Lipinski definition) is 7. The van der Waals surface area contributed by atoms with Crippen molar-refractivity contribution in [3.05, 3.63) is 125 Å². The van der Waals surface area contributed by atoms with Crippen LogP contribution in [0.4, 0.5) is 51.2 Å². The van der Waals surface area contributed by atoms with Crippen molar-refractivity contribution in [3.8, 4) is 0 Å². The Morgan fingerprint density at radius 1 is 0.273 bits per heavy atom. The molecule has 0 fully saturated rings. The van der Waals surface area contributed by atoms with E-state index in [4.69, 9.17) is 0 Å². The fourth-order valence-corrected chi connectivity index (χ4v) is 10.00. The highest BCUT2D eigenvalue weighted by Gasteiger charge is 2.22. The summed E-state index contributed by atoms with van der Waals surface area (Å²) in [6, 6.07) is 37.6. The van der Waals surface area contributed by atoms with Gasteiger partial charge in [0.2, 0.25) is 0 Å². The van der Waals surface area contributed by atoms with Crippen LogP contribution in [-0.2, 0) is 25.7 Å². The minimum absolute atomic E-state index is 0.983. The molecule has 7 heteroatoms. The van der Waals surface area contributed by atoms with Gasteiger partial charge in [-0.3, -0.25) is 0 Å². The molecule has 0 aliphatic heterocycles. The highest BCUT2D eigenvalue weighted by atomic mass is 15.2. The molecule has 5 aromatic carbocycles. The summed E-state index contributed by atoms with van der Waals surface area (Å²) in [7, 11) is 0. The van der Waals surface area contributed by atoms with Gasteiger partial charge in [-0.25, -0.2) is 0 Å². The average molecular weight is 894 g/mol. The van der Waals surface area contributed by atoms with E-state index in [1.54, 1.807) is 0 Å². The predicted molar refractivity (Wildman–Crippen MR) is 295 cm³/mol. The first-order chi connectivity index (χ1) is 32.1. The minimum atomic E-state index is 0.983. The summed E-state index contributed by atoms with van der Waals surface area (Å²) < 4.78 is 0. The molecule has 0 aliphatic rings. The summed E-state index contributed by atoms with van der Waals surface area (Å²) in [5.41, 5.74) is 18.6. The van der Waals surface area contributed by atoms with Crippen LogP contribution in [0.2, 0.25) is 0 Å². The van der Waals surface area contributed by atoms with Gasteiger partial charge in [-0.1, -0.05) is 42.0 Å². The van der Waals surface area contributed by atoms with Gasteiger partial charge in [0.1, 0.15) is 0 Å². The van der Waals surface area contributed by atoms with Crippen LogP contribution >= 0.6 is 0 Å². The SMILES string of the molecule is CCN(CC)c1cc(N(CC)CC)c(CCc2ccc(N(c3ccc(C)cc3)c3ccc(CCc4c(N(CC)CC)cc(N(CC)CC)cc4N(CC)CC)cc3)cc2)c(N(CC)CC)c1. The smallest absolute Gasteiger partial charge is 0.0461 e. The number of aryl methyl sites for hydroxylation is 3. The molecule has 5 aromatic rings. The normalized spacial score (nSPS) is 11.2. The van der Waals surface area contributed by atoms with E-state index in [0.29, 0.717) is 0 Å². The lowest BCUT2D eigenvalue weighted by Gasteiger charge is -2.33. The molecule has 0 aliphatic carbocycles. The Hall–Kier alpha value is -5.30. The molecule has 0 atom stereocenters. The Labute approximate surface area is 403 Å². The molecule has 5 rings (SSSR count). The quantitative estimate of drug-likeness (QED) is 0.0517. The molecular weight excluding hydrogens is 807 g/mol. The lowest BCUT2D eigenvalue weighted by atomic mass is 9.97. The Morgan fingerprint density at radius 2 is 0.515 bits per heavy atom. The van der Waals surface area contributed by atoms with Gasteiger partial charge in [-0.05, 0) is 199 Å². The molecule has 0 heterocycles. The van der Waals surface area contributed by atoms with E-state index < -0.39 is 0 Å². The second-order valence-electron chi connectivity index (χ2n) is 17.5. The second-order valence-corrected chi connectivity index (χ2v) is 17.5.